The molecule has 1 N–H and O–H groups in total. The van der Waals surface area contributed by atoms with E-state index in [2.05, 4.69) is 25.7 Å². The van der Waals surface area contributed by atoms with Gasteiger partial charge in [-0.25, -0.2) is 9.78 Å². The van der Waals surface area contributed by atoms with Gasteiger partial charge in [-0.1, -0.05) is 5.16 Å². The van der Waals surface area contributed by atoms with E-state index >= 15 is 0 Å². The van der Waals surface area contributed by atoms with E-state index in [1.807, 2.05) is 11.0 Å². The fourth-order valence-corrected chi connectivity index (χ4v) is 3.85. The minimum atomic E-state index is -0.00272. The molecule has 2 amide bonds. The number of carbonyl (C=O) groups is 1. The van der Waals surface area contributed by atoms with Gasteiger partial charge in [-0.15, -0.1) is 11.3 Å². The molecule has 0 atom stereocenters. The van der Waals surface area contributed by atoms with E-state index in [4.69, 9.17) is 4.52 Å². The first kappa shape index (κ1) is 15.6. The molecule has 0 bridgehead atoms. The number of amides is 2. The zero-order valence-electron chi connectivity index (χ0n) is 13.5. The molecule has 2 fully saturated rings. The van der Waals surface area contributed by atoms with Gasteiger partial charge in [0.1, 0.15) is 6.26 Å². The summed E-state index contributed by atoms with van der Waals surface area (Å²) >= 11 is 1.71. The molecular formula is C16H21N5O2S. The van der Waals surface area contributed by atoms with Gasteiger partial charge in [0.05, 0.1) is 22.9 Å². The highest BCUT2D eigenvalue weighted by Crippen LogP contribution is 2.41. The van der Waals surface area contributed by atoms with Crippen molar-refractivity contribution in [3.05, 3.63) is 34.1 Å². The third-order valence-corrected chi connectivity index (χ3v) is 5.51. The van der Waals surface area contributed by atoms with Crippen LogP contribution in [0.25, 0.3) is 0 Å². The Balaban J connectivity index is 1.21. The lowest BCUT2D eigenvalue weighted by molar-refractivity contribution is 0.133. The van der Waals surface area contributed by atoms with Crippen molar-refractivity contribution in [3.63, 3.8) is 0 Å². The fourth-order valence-electron chi connectivity index (χ4n) is 2.86. The number of nitrogens with zero attached hydrogens (tertiary/aromatic N) is 4. The molecule has 2 aromatic rings. The van der Waals surface area contributed by atoms with Gasteiger partial charge in [0.15, 0.2) is 0 Å². The van der Waals surface area contributed by atoms with Crippen LogP contribution in [0, 0.1) is 0 Å². The second kappa shape index (κ2) is 6.90. The minimum Gasteiger partial charge on any atom is -0.364 e. The number of aromatic nitrogens is 2. The summed E-state index contributed by atoms with van der Waals surface area (Å²) in [7, 11) is 0. The summed E-state index contributed by atoms with van der Waals surface area (Å²) in [5.41, 5.74) is 1.91. The lowest BCUT2D eigenvalue weighted by Gasteiger charge is -2.34. The molecule has 1 aliphatic heterocycles. The van der Waals surface area contributed by atoms with Gasteiger partial charge < -0.3 is 14.7 Å². The second-order valence-corrected chi connectivity index (χ2v) is 7.25. The van der Waals surface area contributed by atoms with Crippen LogP contribution >= 0.6 is 11.3 Å². The molecule has 4 rings (SSSR count). The number of thiazole rings is 1. The summed E-state index contributed by atoms with van der Waals surface area (Å²) in [6, 6.07) is 1.88. The summed E-state index contributed by atoms with van der Waals surface area (Å²) in [4.78, 5) is 21.0. The number of piperazine rings is 1. The largest absolute Gasteiger partial charge is 0.364 e. The lowest BCUT2D eigenvalue weighted by Crippen LogP contribution is -2.51. The van der Waals surface area contributed by atoms with Crippen LogP contribution in [0.2, 0.25) is 0 Å². The van der Waals surface area contributed by atoms with Crippen LogP contribution in [0.15, 0.2) is 22.2 Å². The number of carbonyl (C=O) groups excluding carboxylic acids is 1. The molecule has 7 nitrogen and oxygen atoms in total. The van der Waals surface area contributed by atoms with E-state index < -0.39 is 0 Å². The van der Waals surface area contributed by atoms with Gasteiger partial charge >= 0.3 is 6.03 Å². The summed E-state index contributed by atoms with van der Waals surface area (Å²) in [6.45, 7) is 4.45. The maximum absolute atomic E-state index is 12.3. The second-order valence-electron chi connectivity index (χ2n) is 6.36. The number of nitrogens with one attached hydrogen (secondary N) is 1. The Kier molecular flexibility index (Phi) is 4.48. The van der Waals surface area contributed by atoms with Crippen molar-refractivity contribution >= 4 is 17.4 Å². The van der Waals surface area contributed by atoms with Gasteiger partial charge in [-0.3, -0.25) is 4.90 Å². The summed E-state index contributed by atoms with van der Waals surface area (Å²) in [5.74, 6) is 0.678. The molecule has 24 heavy (non-hydrogen) atoms. The van der Waals surface area contributed by atoms with Crippen LogP contribution in [0.1, 0.15) is 35.2 Å². The third kappa shape index (κ3) is 3.76. The Bertz CT molecular complexity index is 674. The van der Waals surface area contributed by atoms with Gasteiger partial charge in [-0.2, -0.15) is 0 Å². The van der Waals surface area contributed by atoms with Crippen molar-refractivity contribution in [1.29, 1.82) is 0 Å². The van der Waals surface area contributed by atoms with Crippen LogP contribution in [-0.4, -0.2) is 52.2 Å². The SMILES string of the molecule is O=C(NCc1csc(C2CC2)n1)N1CCN(Cc2ccon2)CC1. The summed E-state index contributed by atoms with van der Waals surface area (Å²) in [6.07, 6.45) is 4.11. The molecule has 2 aromatic heterocycles. The van der Waals surface area contributed by atoms with E-state index in [9.17, 15) is 4.79 Å². The lowest BCUT2D eigenvalue weighted by atomic mass is 10.3. The quantitative estimate of drug-likeness (QED) is 0.896. The number of hydrogen-bond donors (Lipinski definition) is 1. The van der Waals surface area contributed by atoms with Crippen LogP contribution in [0.3, 0.4) is 0 Å². The van der Waals surface area contributed by atoms with Crippen molar-refractivity contribution in [1.82, 2.24) is 25.3 Å². The maximum atomic E-state index is 12.3. The van der Waals surface area contributed by atoms with Crippen molar-refractivity contribution < 1.29 is 9.32 Å². The monoisotopic (exact) mass is 347 g/mol. The average Bonchev–Trinajstić information content (AvgIpc) is 3.13. The first-order valence-corrected chi connectivity index (χ1v) is 9.24. The zero-order valence-corrected chi connectivity index (χ0v) is 14.3. The molecule has 0 spiro atoms. The normalized spacial score (nSPS) is 18.8. The van der Waals surface area contributed by atoms with Gasteiger partial charge in [0.25, 0.3) is 0 Å². The average molecular weight is 347 g/mol. The standard InChI is InChI=1S/C16H21N5O2S/c22-16(17-9-14-11-24-15(18-14)12-1-2-12)21-6-4-20(5-7-21)10-13-3-8-23-19-13/h3,8,11-12H,1-2,4-7,9-10H2,(H,17,22). The van der Waals surface area contributed by atoms with Crippen molar-refractivity contribution in [2.75, 3.05) is 26.2 Å². The third-order valence-electron chi connectivity index (χ3n) is 4.45. The van der Waals surface area contributed by atoms with E-state index in [1.54, 1.807) is 17.6 Å². The number of rotatable bonds is 5. The van der Waals surface area contributed by atoms with Gasteiger partial charge in [0.2, 0.25) is 0 Å². The first-order valence-electron chi connectivity index (χ1n) is 8.36. The number of hydrogen-bond acceptors (Lipinski definition) is 6. The van der Waals surface area contributed by atoms with E-state index in [0.29, 0.717) is 12.5 Å². The van der Waals surface area contributed by atoms with Crippen molar-refractivity contribution in [3.8, 4) is 0 Å². The van der Waals surface area contributed by atoms with Gasteiger partial charge in [0, 0.05) is 50.1 Å². The highest BCUT2D eigenvalue weighted by Gasteiger charge is 2.27. The Morgan fingerprint density at radius 3 is 2.83 bits per heavy atom. The Hall–Kier alpha value is -1.93. The summed E-state index contributed by atoms with van der Waals surface area (Å²) < 4.78 is 4.85. The van der Waals surface area contributed by atoms with E-state index in [0.717, 1.165) is 44.1 Å². The van der Waals surface area contributed by atoms with Gasteiger partial charge in [-0.05, 0) is 12.8 Å². The molecule has 1 saturated carbocycles. The van der Waals surface area contributed by atoms with E-state index in [-0.39, 0.29) is 6.03 Å². The molecule has 1 aliphatic carbocycles. The molecule has 3 heterocycles. The molecular weight excluding hydrogens is 326 g/mol. The highest BCUT2D eigenvalue weighted by molar-refractivity contribution is 7.09. The zero-order chi connectivity index (χ0) is 16.4. The maximum Gasteiger partial charge on any atom is 0.317 e. The molecule has 8 heteroatoms. The Labute approximate surface area is 144 Å². The molecule has 0 aromatic carbocycles. The van der Waals surface area contributed by atoms with Crippen LogP contribution < -0.4 is 5.32 Å². The number of urea groups is 1. The predicted octanol–water partition coefficient (Wildman–Crippen LogP) is 2.04. The fraction of sp³-hybridized carbons (Fsp3) is 0.562. The van der Waals surface area contributed by atoms with E-state index in [1.165, 1.54) is 17.8 Å². The first-order chi connectivity index (χ1) is 11.8. The summed E-state index contributed by atoms with van der Waals surface area (Å²) in [5, 5.41) is 10.2. The predicted molar refractivity (Wildman–Crippen MR) is 89.7 cm³/mol. The Morgan fingerprint density at radius 2 is 2.12 bits per heavy atom. The topological polar surface area (TPSA) is 74.5 Å². The Morgan fingerprint density at radius 1 is 1.29 bits per heavy atom. The van der Waals surface area contributed by atoms with Crippen molar-refractivity contribution in [2.45, 2.75) is 31.8 Å². The molecule has 2 aliphatic rings. The highest BCUT2D eigenvalue weighted by atomic mass is 32.1. The van der Waals surface area contributed by atoms with Crippen molar-refractivity contribution in [2.24, 2.45) is 0 Å². The molecule has 128 valence electrons. The molecule has 0 radical (unpaired) electrons. The van der Waals surface area contributed by atoms with Crippen LogP contribution in [-0.2, 0) is 13.1 Å². The molecule has 0 unspecified atom stereocenters. The van der Waals surface area contributed by atoms with Crippen LogP contribution in [0.5, 0.6) is 0 Å². The van der Waals surface area contributed by atoms with Crippen LogP contribution in [0.4, 0.5) is 4.79 Å². The minimum absolute atomic E-state index is 0.00272. The molecule has 1 saturated heterocycles. The smallest absolute Gasteiger partial charge is 0.317 e.